The Morgan fingerprint density at radius 3 is 1.67 bits per heavy atom. The van der Waals surface area contributed by atoms with Crippen molar-refractivity contribution >= 4 is 12.4 Å². The van der Waals surface area contributed by atoms with Crippen molar-refractivity contribution in [1.82, 2.24) is 0 Å². The van der Waals surface area contributed by atoms with Gasteiger partial charge >= 0.3 is 0 Å². The fraction of sp³-hybridized carbons (Fsp3) is 0.333. The van der Waals surface area contributed by atoms with Crippen LogP contribution < -0.4 is 0 Å². The minimum absolute atomic E-state index is 0. The molecule has 0 heterocycles. The molecule has 0 saturated carbocycles. The minimum Gasteiger partial charge on any atom is -0.174 e. The zero-order valence-electron chi connectivity index (χ0n) is 3.24. The van der Waals surface area contributed by atoms with E-state index in [9.17, 15) is 8.78 Å². The molecule has 6 heavy (non-hydrogen) atoms. The second-order valence-corrected chi connectivity index (χ2v) is 0.578. The second-order valence-electron chi connectivity index (χ2n) is 0.578. The third-order valence-corrected chi connectivity index (χ3v) is 0.218. The van der Waals surface area contributed by atoms with E-state index in [2.05, 4.69) is 0 Å². The Labute approximate surface area is 41.3 Å². The van der Waals surface area contributed by atoms with Gasteiger partial charge in [-0.25, -0.2) is 0 Å². The summed E-state index contributed by atoms with van der Waals surface area (Å²) < 4.78 is 21.2. The van der Waals surface area contributed by atoms with Gasteiger partial charge in [0.15, 0.2) is 0 Å². The first-order valence-electron chi connectivity index (χ1n) is 1.24. The van der Waals surface area contributed by atoms with Crippen LogP contribution in [0.1, 0.15) is 6.92 Å². The van der Waals surface area contributed by atoms with E-state index in [1.54, 1.807) is 0 Å². The minimum atomic E-state index is -1.62. The van der Waals surface area contributed by atoms with Gasteiger partial charge in [-0.05, 0) is 13.0 Å². The standard InChI is InChI=1S/C3H4F2.ClH/c1-2-3(4)5;/h2H,1H3;1H. The van der Waals surface area contributed by atoms with E-state index < -0.39 is 6.08 Å². The highest BCUT2D eigenvalue weighted by Crippen LogP contribution is 1.92. The number of rotatable bonds is 0. The monoisotopic (exact) mass is 114 g/mol. The molecule has 0 nitrogen and oxygen atoms in total. The van der Waals surface area contributed by atoms with E-state index in [0.717, 1.165) is 6.08 Å². The van der Waals surface area contributed by atoms with Crippen molar-refractivity contribution in [2.24, 2.45) is 0 Å². The summed E-state index contributed by atoms with van der Waals surface area (Å²) in [5, 5.41) is 0. The molecule has 0 aromatic carbocycles. The molecule has 0 radical (unpaired) electrons. The van der Waals surface area contributed by atoms with Crippen LogP contribution in [0.4, 0.5) is 8.78 Å². The van der Waals surface area contributed by atoms with Gasteiger partial charge in [0.2, 0.25) is 0 Å². The predicted octanol–water partition coefficient (Wildman–Crippen LogP) is 2.21. The lowest BCUT2D eigenvalue weighted by atomic mass is 10.7. The average Bonchev–Trinajstić information content (AvgIpc) is 1.38. The van der Waals surface area contributed by atoms with Gasteiger partial charge in [0.1, 0.15) is 0 Å². The van der Waals surface area contributed by atoms with Gasteiger partial charge in [0, 0.05) is 0 Å². The summed E-state index contributed by atoms with van der Waals surface area (Å²) in [4.78, 5) is 0. The molecular weight excluding hydrogens is 109 g/mol. The maximum Gasteiger partial charge on any atom is 0.266 e. The summed E-state index contributed by atoms with van der Waals surface area (Å²) in [7, 11) is 0. The zero-order valence-corrected chi connectivity index (χ0v) is 4.06. The molecule has 0 fully saturated rings. The third kappa shape index (κ3) is 9.10. The Morgan fingerprint density at radius 2 is 1.67 bits per heavy atom. The van der Waals surface area contributed by atoms with Gasteiger partial charge in [-0.1, -0.05) is 0 Å². The summed E-state index contributed by atoms with van der Waals surface area (Å²) in [6.07, 6.45) is -0.870. The molecule has 0 aliphatic heterocycles. The van der Waals surface area contributed by atoms with Crippen molar-refractivity contribution < 1.29 is 8.78 Å². The van der Waals surface area contributed by atoms with Crippen molar-refractivity contribution in [3.8, 4) is 0 Å². The Bertz CT molecular complexity index is 46.8. The molecule has 0 atom stereocenters. The molecule has 0 aliphatic rings. The highest BCUT2D eigenvalue weighted by Gasteiger charge is 1.74. The van der Waals surface area contributed by atoms with Crippen LogP contribution in [-0.4, -0.2) is 0 Å². The maximum absolute atomic E-state index is 10.6. The third-order valence-electron chi connectivity index (χ3n) is 0.218. The SMILES string of the molecule is CC=C(F)F.Cl. The van der Waals surface area contributed by atoms with Crippen molar-refractivity contribution in [2.45, 2.75) is 6.92 Å². The summed E-state index contributed by atoms with van der Waals surface area (Å²) in [5.41, 5.74) is 0. The van der Waals surface area contributed by atoms with Crippen LogP contribution in [-0.2, 0) is 0 Å². The van der Waals surface area contributed by atoms with Crippen molar-refractivity contribution in [1.29, 1.82) is 0 Å². The molecule has 0 N–H and O–H groups in total. The van der Waals surface area contributed by atoms with Crippen LogP contribution in [0, 0.1) is 0 Å². The van der Waals surface area contributed by atoms with Gasteiger partial charge in [0.25, 0.3) is 6.08 Å². The summed E-state index contributed by atoms with van der Waals surface area (Å²) in [6.45, 7) is 1.29. The topological polar surface area (TPSA) is 0 Å². The van der Waals surface area contributed by atoms with Crippen LogP contribution in [0.5, 0.6) is 0 Å². The molecule has 0 saturated heterocycles. The van der Waals surface area contributed by atoms with Gasteiger partial charge in [-0.15, -0.1) is 12.4 Å². The van der Waals surface area contributed by atoms with Crippen molar-refractivity contribution in [3.63, 3.8) is 0 Å². The lowest BCUT2D eigenvalue weighted by Gasteiger charge is -1.62. The van der Waals surface area contributed by atoms with Crippen molar-refractivity contribution in [2.75, 3.05) is 0 Å². The quantitative estimate of drug-likeness (QED) is 0.453. The van der Waals surface area contributed by atoms with Crippen LogP contribution in [0.2, 0.25) is 0 Å². The highest BCUT2D eigenvalue weighted by molar-refractivity contribution is 5.85. The van der Waals surface area contributed by atoms with E-state index in [1.165, 1.54) is 6.92 Å². The van der Waals surface area contributed by atoms with Crippen molar-refractivity contribution in [3.05, 3.63) is 12.2 Å². The van der Waals surface area contributed by atoms with Crippen LogP contribution in [0.25, 0.3) is 0 Å². The maximum atomic E-state index is 10.6. The first-order chi connectivity index (χ1) is 2.27. The smallest absolute Gasteiger partial charge is 0.174 e. The second kappa shape index (κ2) is 4.89. The lowest BCUT2D eigenvalue weighted by Crippen LogP contribution is -1.44. The van der Waals surface area contributed by atoms with Gasteiger partial charge in [0.05, 0.1) is 0 Å². The Hall–Kier alpha value is -0.110. The molecule has 0 rings (SSSR count). The zero-order chi connectivity index (χ0) is 4.28. The Kier molecular flexibility index (Phi) is 7.59. The van der Waals surface area contributed by atoms with Crippen LogP contribution in [0.3, 0.4) is 0 Å². The molecule has 0 aromatic heterocycles. The molecule has 0 bridgehead atoms. The summed E-state index contributed by atoms with van der Waals surface area (Å²) in [5.74, 6) is 0. The lowest BCUT2D eigenvalue weighted by molar-refractivity contribution is 0.420. The molecule has 38 valence electrons. The number of hydrogen-bond donors (Lipinski definition) is 0. The van der Waals surface area contributed by atoms with Crippen LogP contribution in [0.15, 0.2) is 12.2 Å². The highest BCUT2D eigenvalue weighted by atomic mass is 35.5. The molecule has 0 aromatic rings. The molecule has 0 unspecified atom stereocenters. The average molecular weight is 115 g/mol. The van der Waals surface area contributed by atoms with E-state index in [1.807, 2.05) is 0 Å². The first kappa shape index (κ1) is 9.31. The molecule has 0 amide bonds. The fourth-order valence-corrected chi connectivity index (χ4v) is 0. The number of hydrogen-bond acceptors (Lipinski definition) is 0. The number of allylic oxidation sites excluding steroid dienone is 1. The first-order valence-corrected chi connectivity index (χ1v) is 1.24. The summed E-state index contributed by atoms with van der Waals surface area (Å²) >= 11 is 0. The largest absolute Gasteiger partial charge is 0.266 e. The van der Waals surface area contributed by atoms with Gasteiger partial charge in [-0.2, -0.15) is 8.78 Å². The Balaban J connectivity index is 0. The van der Waals surface area contributed by atoms with Gasteiger partial charge in [-0.3, -0.25) is 0 Å². The normalized spacial score (nSPS) is 5.83. The van der Waals surface area contributed by atoms with E-state index in [4.69, 9.17) is 0 Å². The number of halogens is 3. The molecule has 0 spiro atoms. The van der Waals surface area contributed by atoms with E-state index in [-0.39, 0.29) is 12.4 Å². The van der Waals surface area contributed by atoms with E-state index >= 15 is 0 Å². The fourth-order valence-electron chi connectivity index (χ4n) is 0. The molecular formula is C3H5ClF2. The Morgan fingerprint density at radius 1 is 1.50 bits per heavy atom. The molecule has 3 heteroatoms. The van der Waals surface area contributed by atoms with Gasteiger partial charge < -0.3 is 0 Å². The predicted molar refractivity (Wildman–Crippen MR) is 23.2 cm³/mol. The van der Waals surface area contributed by atoms with E-state index in [0.29, 0.717) is 0 Å². The van der Waals surface area contributed by atoms with Crippen LogP contribution >= 0.6 is 12.4 Å². The summed E-state index contributed by atoms with van der Waals surface area (Å²) in [6, 6.07) is 0. The molecule has 0 aliphatic carbocycles.